The fraction of sp³-hybridized carbons (Fsp3) is 0. The van der Waals surface area contributed by atoms with Crippen molar-refractivity contribution in [1.82, 2.24) is 4.83 Å². The molecule has 11 nitrogen and oxygen atoms in total. The van der Waals surface area contributed by atoms with Crippen LogP contribution in [0.25, 0.3) is 0 Å². The van der Waals surface area contributed by atoms with Gasteiger partial charge in [0, 0.05) is 29.8 Å². The highest BCUT2D eigenvalue weighted by Crippen LogP contribution is 2.28. The van der Waals surface area contributed by atoms with E-state index in [0.717, 1.165) is 36.5 Å². The Bertz CT molecular complexity index is 1020. The summed E-state index contributed by atoms with van der Waals surface area (Å²) >= 11 is 1.68. The van der Waals surface area contributed by atoms with Crippen molar-refractivity contribution in [2.24, 2.45) is 5.10 Å². The Labute approximate surface area is 159 Å². The highest BCUT2D eigenvalue weighted by Gasteiger charge is 2.17. The van der Waals surface area contributed by atoms with Gasteiger partial charge in [-0.2, -0.15) is 13.5 Å². The SMILES string of the molecule is O=[N+]([O-])c1cccc(S(=O)(=O)N/N=C/c2cc([N+](=O)[O-])cc(I)c2O)c1. The van der Waals surface area contributed by atoms with Crippen LogP contribution >= 0.6 is 22.6 Å². The summed E-state index contributed by atoms with van der Waals surface area (Å²) in [5, 5.41) is 34.9. The Balaban J connectivity index is 2.29. The van der Waals surface area contributed by atoms with Gasteiger partial charge in [-0.05, 0) is 28.7 Å². The normalized spacial score (nSPS) is 11.4. The van der Waals surface area contributed by atoms with Crippen molar-refractivity contribution in [2.45, 2.75) is 4.90 Å². The molecule has 2 aromatic carbocycles. The molecule has 2 rings (SSSR count). The van der Waals surface area contributed by atoms with Crippen LogP contribution in [-0.2, 0) is 10.0 Å². The molecule has 26 heavy (non-hydrogen) atoms. The maximum Gasteiger partial charge on any atom is 0.276 e. The topological polar surface area (TPSA) is 165 Å². The van der Waals surface area contributed by atoms with Gasteiger partial charge in [-0.3, -0.25) is 20.2 Å². The third-order valence-electron chi connectivity index (χ3n) is 3.00. The number of nitro groups is 2. The summed E-state index contributed by atoms with van der Waals surface area (Å²) in [6.07, 6.45) is 0.888. The van der Waals surface area contributed by atoms with Gasteiger partial charge in [-0.25, -0.2) is 4.83 Å². The lowest BCUT2D eigenvalue weighted by Gasteiger charge is -2.04. The third-order valence-corrected chi connectivity index (χ3v) is 5.05. The minimum Gasteiger partial charge on any atom is -0.506 e. The second kappa shape index (κ2) is 7.61. The molecule has 0 bridgehead atoms. The van der Waals surface area contributed by atoms with Crippen molar-refractivity contribution in [3.63, 3.8) is 0 Å². The molecule has 136 valence electrons. The quantitative estimate of drug-likeness (QED) is 0.270. The van der Waals surface area contributed by atoms with Crippen LogP contribution in [0.15, 0.2) is 46.4 Å². The number of nitrogens with zero attached hydrogens (tertiary/aromatic N) is 3. The number of nitrogens with one attached hydrogen (secondary N) is 1. The van der Waals surface area contributed by atoms with E-state index in [1.54, 1.807) is 22.6 Å². The molecule has 0 radical (unpaired) electrons. The first kappa shape index (κ1) is 19.5. The van der Waals surface area contributed by atoms with Gasteiger partial charge < -0.3 is 5.11 Å². The van der Waals surface area contributed by atoms with Crippen LogP contribution in [0.5, 0.6) is 5.75 Å². The first-order valence-electron chi connectivity index (χ1n) is 6.58. The number of rotatable bonds is 6. The number of aromatic hydroxyl groups is 1. The van der Waals surface area contributed by atoms with Gasteiger partial charge in [0.1, 0.15) is 5.75 Å². The number of benzene rings is 2. The lowest BCUT2D eigenvalue weighted by molar-refractivity contribution is -0.385. The Morgan fingerprint density at radius 3 is 2.38 bits per heavy atom. The summed E-state index contributed by atoms with van der Waals surface area (Å²) in [7, 11) is -4.21. The number of hydrazone groups is 1. The smallest absolute Gasteiger partial charge is 0.276 e. The summed E-state index contributed by atoms with van der Waals surface area (Å²) < 4.78 is 24.4. The second-order valence-electron chi connectivity index (χ2n) is 4.73. The Hall–Kier alpha value is -2.81. The molecule has 0 aliphatic heterocycles. The monoisotopic (exact) mass is 492 g/mol. The van der Waals surface area contributed by atoms with Gasteiger partial charge >= 0.3 is 0 Å². The summed E-state index contributed by atoms with van der Waals surface area (Å²) in [6.45, 7) is 0. The zero-order valence-corrected chi connectivity index (χ0v) is 15.5. The number of nitro benzene ring substituents is 2. The number of hydrogen-bond acceptors (Lipinski definition) is 8. The molecule has 0 saturated carbocycles. The molecule has 0 aromatic heterocycles. The highest BCUT2D eigenvalue weighted by atomic mass is 127. The molecule has 2 N–H and O–H groups in total. The van der Waals surface area contributed by atoms with Crippen molar-refractivity contribution in [3.05, 3.63) is 65.8 Å². The maximum atomic E-state index is 12.1. The van der Waals surface area contributed by atoms with Crippen LogP contribution in [0, 0.1) is 23.8 Å². The van der Waals surface area contributed by atoms with Gasteiger partial charge in [0.25, 0.3) is 21.4 Å². The Kier molecular flexibility index (Phi) is 5.71. The second-order valence-corrected chi connectivity index (χ2v) is 7.55. The van der Waals surface area contributed by atoms with Crippen LogP contribution in [0.3, 0.4) is 0 Å². The lowest BCUT2D eigenvalue weighted by atomic mass is 10.2. The minimum atomic E-state index is -4.21. The first-order chi connectivity index (χ1) is 12.1. The fourth-order valence-corrected chi connectivity index (χ4v) is 3.25. The van der Waals surface area contributed by atoms with Crippen LogP contribution in [0.4, 0.5) is 11.4 Å². The molecule has 13 heteroatoms. The zero-order chi connectivity index (χ0) is 19.5. The van der Waals surface area contributed by atoms with Crippen molar-refractivity contribution >= 4 is 50.2 Å². The molecular formula is C13H9IN4O7S. The summed E-state index contributed by atoms with van der Waals surface area (Å²) in [4.78, 5) is 21.6. The van der Waals surface area contributed by atoms with E-state index in [1.807, 2.05) is 4.83 Å². The molecule has 0 saturated heterocycles. The summed E-state index contributed by atoms with van der Waals surface area (Å²) in [5.41, 5.74) is -0.803. The molecule has 0 spiro atoms. The van der Waals surface area contributed by atoms with Gasteiger partial charge in [-0.1, -0.05) is 6.07 Å². The van der Waals surface area contributed by atoms with Crippen molar-refractivity contribution in [1.29, 1.82) is 0 Å². The molecule has 0 aliphatic rings. The Morgan fingerprint density at radius 2 is 1.77 bits per heavy atom. The number of hydrogen-bond donors (Lipinski definition) is 2. The van der Waals surface area contributed by atoms with Crippen LogP contribution in [-0.4, -0.2) is 29.6 Å². The molecule has 0 atom stereocenters. The van der Waals surface area contributed by atoms with Crippen molar-refractivity contribution in [2.75, 3.05) is 0 Å². The van der Waals surface area contributed by atoms with E-state index in [4.69, 9.17) is 0 Å². The summed E-state index contributed by atoms with van der Waals surface area (Å²) in [5.74, 6) is -0.311. The number of sulfonamides is 1. The predicted molar refractivity (Wildman–Crippen MR) is 98.5 cm³/mol. The standard InChI is InChI=1S/C13H9IN4O7S/c14-12-6-10(18(22)23)4-8(13(12)19)7-15-16-26(24,25)11-3-1-2-9(5-11)17(20)21/h1-7,16,19H/b15-7+. The number of non-ortho nitro benzene ring substituents is 2. The van der Waals surface area contributed by atoms with E-state index < -0.39 is 25.6 Å². The lowest BCUT2D eigenvalue weighted by Crippen LogP contribution is -2.18. The highest BCUT2D eigenvalue weighted by molar-refractivity contribution is 14.1. The van der Waals surface area contributed by atoms with Crippen molar-refractivity contribution < 1.29 is 23.4 Å². The number of halogens is 1. The first-order valence-corrected chi connectivity index (χ1v) is 9.14. The average molecular weight is 492 g/mol. The third kappa shape index (κ3) is 4.42. The number of phenolic OH excluding ortho intramolecular Hbond substituents is 1. The van der Waals surface area contributed by atoms with E-state index in [9.17, 15) is 33.8 Å². The number of phenols is 1. The molecule has 0 aliphatic carbocycles. The molecule has 0 fully saturated rings. The van der Waals surface area contributed by atoms with E-state index in [-0.39, 0.29) is 25.5 Å². The molecule has 0 heterocycles. The Morgan fingerprint density at radius 1 is 1.12 bits per heavy atom. The summed E-state index contributed by atoms with van der Waals surface area (Å²) in [6, 6.07) is 6.48. The minimum absolute atomic E-state index is 0.0784. The van der Waals surface area contributed by atoms with Crippen LogP contribution < -0.4 is 4.83 Å². The van der Waals surface area contributed by atoms with Gasteiger partial charge in [0.15, 0.2) is 0 Å². The molecule has 2 aromatic rings. The van der Waals surface area contributed by atoms with E-state index in [1.165, 1.54) is 6.07 Å². The fourth-order valence-electron chi connectivity index (χ4n) is 1.79. The van der Waals surface area contributed by atoms with Gasteiger partial charge in [-0.15, -0.1) is 0 Å². The van der Waals surface area contributed by atoms with E-state index in [0.29, 0.717) is 0 Å². The van der Waals surface area contributed by atoms with E-state index in [2.05, 4.69) is 5.10 Å². The average Bonchev–Trinajstić information content (AvgIpc) is 2.58. The molecule has 0 amide bonds. The van der Waals surface area contributed by atoms with Crippen LogP contribution in [0.1, 0.15) is 5.56 Å². The van der Waals surface area contributed by atoms with Crippen molar-refractivity contribution in [3.8, 4) is 5.75 Å². The predicted octanol–water partition coefficient (Wildman–Crippen LogP) is 2.13. The molecular weight excluding hydrogens is 483 g/mol. The van der Waals surface area contributed by atoms with Gasteiger partial charge in [0.2, 0.25) is 0 Å². The van der Waals surface area contributed by atoms with E-state index >= 15 is 0 Å². The van der Waals surface area contributed by atoms with Gasteiger partial charge in [0.05, 0.1) is 24.5 Å². The zero-order valence-electron chi connectivity index (χ0n) is 12.6. The largest absolute Gasteiger partial charge is 0.506 e. The maximum absolute atomic E-state index is 12.1. The van der Waals surface area contributed by atoms with Crippen LogP contribution in [0.2, 0.25) is 0 Å². The molecule has 0 unspecified atom stereocenters.